The second kappa shape index (κ2) is 6.48. The molecule has 1 aromatic carbocycles. The normalized spacial score (nSPS) is 10.4. The highest BCUT2D eigenvalue weighted by Crippen LogP contribution is 2.30. The van der Waals surface area contributed by atoms with E-state index < -0.39 is 0 Å². The Labute approximate surface area is 122 Å². The van der Waals surface area contributed by atoms with E-state index in [4.69, 9.17) is 0 Å². The number of thiazole rings is 1. The molecule has 0 unspecified atom stereocenters. The number of hydrogen-bond acceptors (Lipinski definition) is 5. The van der Waals surface area contributed by atoms with Crippen LogP contribution in [0.2, 0.25) is 0 Å². The fraction of sp³-hybridized carbons (Fsp3) is 0.267. The molecule has 4 nitrogen and oxygen atoms in total. The minimum Gasteiger partial charge on any atom is -0.332 e. The number of nitrogens with zero attached hydrogens (tertiary/aromatic N) is 2. The number of benzene rings is 1. The Morgan fingerprint density at radius 1 is 1.35 bits per heavy atom. The summed E-state index contributed by atoms with van der Waals surface area (Å²) in [5.41, 5.74) is 2.48. The lowest BCUT2D eigenvalue weighted by molar-refractivity contribution is 0.463. The number of para-hydroxylation sites is 1. The first-order chi connectivity index (χ1) is 9.60. The summed E-state index contributed by atoms with van der Waals surface area (Å²) in [4.78, 5) is 18.4. The Kier molecular flexibility index (Phi) is 4.69. The number of likely N-dealkylation sites (N-methyl/N-ethyl adjacent to an activating group) is 1. The van der Waals surface area contributed by atoms with Gasteiger partial charge in [-0.05, 0) is 33.2 Å². The molecule has 0 saturated carbocycles. The van der Waals surface area contributed by atoms with Gasteiger partial charge in [-0.2, -0.15) is 0 Å². The lowest BCUT2D eigenvalue weighted by Crippen LogP contribution is -2.14. The van der Waals surface area contributed by atoms with Crippen LogP contribution in [-0.4, -0.2) is 36.5 Å². The highest BCUT2D eigenvalue weighted by atomic mass is 32.1. The van der Waals surface area contributed by atoms with Gasteiger partial charge in [-0.1, -0.05) is 29.5 Å². The zero-order valence-electron chi connectivity index (χ0n) is 11.8. The summed E-state index contributed by atoms with van der Waals surface area (Å²) >= 11 is 1.48. The molecule has 0 radical (unpaired) electrons. The minimum absolute atomic E-state index is 0.567. The topological polar surface area (TPSA) is 45.2 Å². The molecule has 104 valence electrons. The number of rotatable bonds is 5. The summed E-state index contributed by atoms with van der Waals surface area (Å²) in [7, 11) is 3.85. The molecule has 0 amide bonds. The quantitative estimate of drug-likeness (QED) is 0.859. The van der Waals surface area contributed by atoms with Crippen LogP contribution in [0.15, 0.2) is 30.3 Å². The second-order valence-corrected chi connectivity index (χ2v) is 5.74. The SMILES string of the molecule is Cc1nc(Nc2ccccc2)sc1C(=C=O)CN(C)C. The smallest absolute Gasteiger partial charge is 0.187 e. The zero-order chi connectivity index (χ0) is 14.5. The van der Waals surface area contributed by atoms with E-state index in [1.54, 1.807) is 0 Å². The highest BCUT2D eigenvalue weighted by molar-refractivity contribution is 7.17. The van der Waals surface area contributed by atoms with E-state index in [0.29, 0.717) is 12.1 Å². The molecule has 1 aromatic heterocycles. The molecule has 0 bridgehead atoms. The van der Waals surface area contributed by atoms with Crippen molar-refractivity contribution in [2.75, 3.05) is 26.0 Å². The van der Waals surface area contributed by atoms with E-state index in [1.165, 1.54) is 11.3 Å². The first-order valence-corrected chi connectivity index (χ1v) is 7.10. The van der Waals surface area contributed by atoms with E-state index in [9.17, 15) is 4.79 Å². The third kappa shape index (κ3) is 3.54. The molecular weight excluding hydrogens is 270 g/mol. The first-order valence-electron chi connectivity index (χ1n) is 6.28. The molecule has 1 heterocycles. The molecule has 0 saturated heterocycles. The Balaban J connectivity index is 2.23. The average molecular weight is 287 g/mol. The standard InChI is InChI=1S/C15H17N3OS/c1-11-14(12(10-19)9-18(2)3)20-15(16-11)17-13-7-5-4-6-8-13/h4-8H,9H2,1-3H3,(H,16,17). The largest absolute Gasteiger partial charge is 0.332 e. The van der Waals surface area contributed by atoms with Gasteiger partial charge in [0.15, 0.2) is 5.13 Å². The second-order valence-electron chi connectivity index (χ2n) is 4.74. The van der Waals surface area contributed by atoms with Crippen LogP contribution in [0.25, 0.3) is 5.57 Å². The molecule has 2 aromatic rings. The van der Waals surface area contributed by atoms with Crippen LogP contribution >= 0.6 is 11.3 Å². The minimum atomic E-state index is 0.567. The summed E-state index contributed by atoms with van der Waals surface area (Å²) in [6.45, 7) is 2.48. The monoisotopic (exact) mass is 287 g/mol. The number of nitrogens with one attached hydrogen (secondary N) is 1. The maximum Gasteiger partial charge on any atom is 0.187 e. The lowest BCUT2D eigenvalue weighted by Gasteiger charge is -2.08. The van der Waals surface area contributed by atoms with E-state index in [2.05, 4.69) is 10.3 Å². The Morgan fingerprint density at radius 2 is 2.05 bits per heavy atom. The predicted octanol–water partition coefficient (Wildman–Crippen LogP) is 2.97. The fourth-order valence-electron chi connectivity index (χ4n) is 1.84. The average Bonchev–Trinajstić information content (AvgIpc) is 2.77. The van der Waals surface area contributed by atoms with Crippen molar-refractivity contribution in [1.29, 1.82) is 0 Å². The fourth-order valence-corrected chi connectivity index (χ4v) is 2.81. The molecule has 0 aliphatic carbocycles. The van der Waals surface area contributed by atoms with Crippen molar-refractivity contribution in [2.45, 2.75) is 6.92 Å². The molecule has 0 aliphatic rings. The summed E-state index contributed by atoms with van der Waals surface area (Å²) in [5, 5.41) is 4.04. The van der Waals surface area contributed by atoms with Crippen molar-refractivity contribution in [3.63, 3.8) is 0 Å². The van der Waals surface area contributed by atoms with Gasteiger partial charge in [0.1, 0.15) is 5.94 Å². The predicted molar refractivity (Wildman–Crippen MR) is 84.2 cm³/mol. The van der Waals surface area contributed by atoms with Gasteiger partial charge in [0.2, 0.25) is 0 Å². The summed E-state index contributed by atoms with van der Waals surface area (Å²) < 4.78 is 0. The van der Waals surface area contributed by atoms with Gasteiger partial charge in [0.05, 0.1) is 16.1 Å². The molecule has 0 aliphatic heterocycles. The van der Waals surface area contributed by atoms with Crippen LogP contribution in [-0.2, 0) is 4.79 Å². The molecule has 1 N–H and O–H groups in total. The zero-order valence-corrected chi connectivity index (χ0v) is 12.6. The van der Waals surface area contributed by atoms with Crippen molar-refractivity contribution in [3.8, 4) is 0 Å². The molecule has 0 spiro atoms. The Bertz CT molecular complexity index is 628. The first kappa shape index (κ1) is 14.5. The maximum absolute atomic E-state index is 11.1. The van der Waals surface area contributed by atoms with Gasteiger partial charge in [0.25, 0.3) is 0 Å². The van der Waals surface area contributed by atoms with Crippen molar-refractivity contribution >= 4 is 33.7 Å². The molecule has 0 fully saturated rings. The van der Waals surface area contributed by atoms with Gasteiger partial charge in [-0.15, -0.1) is 0 Å². The van der Waals surface area contributed by atoms with Crippen LogP contribution in [0.1, 0.15) is 10.6 Å². The van der Waals surface area contributed by atoms with Gasteiger partial charge in [-0.3, -0.25) is 0 Å². The van der Waals surface area contributed by atoms with Gasteiger partial charge < -0.3 is 10.2 Å². The Hall–Kier alpha value is -1.94. The number of anilines is 2. The molecular formula is C15H17N3OS. The van der Waals surface area contributed by atoms with Crippen molar-refractivity contribution < 1.29 is 4.79 Å². The highest BCUT2D eigenvalue weighted by Gasteiger charge is 2.14. The molecule has 0 atom stereocenters. The number of aryl methyl sites for hydroxylation is 1. The maximum atomic E-state index is 11.1. The van der Waals surface area contributed by atoms with Gasteiger partial charge in [0, 0.05) is 12.2 Å². The van der Waals surface area contributed by atoms with Crippen LogP contribution in [0.4, 0.5) is 10.8 Å². The van der Waals surface area contributed by atoms with Gasteiger partial charge in [-0.25, -0.2) is 9.78 Å². The summed E-state index contributed by atoms with van der Waals surface area (Å²) in [6, 6.07) is 9.85. The van der Waals surface area contributed by atoms with E-state index in [-0.39, 0.29) is 0 Å². The molecule has 5 heteroatoms. The van der Waals surface area contributed by atoms with Crippen molar-refractivity contribution in [2.24, 2.45) is 0 Å². The van der Waals surface area contributed by atoms with E-state index >= 15 is 0 Å². The van der Waals surface area contributed by atoms with E-state index in [0.717, 1.165) is 21.4 Å². The van der Waals surface area contributed by atoms with E-state index in [1.807, 2.05) is 62.2 Å². The van der Waals surface area contributed by atoms with Crippen LogP contribution < -0.4 is 5.32 Å². The summed E-state index contributed by atoms with van der Waals surface area (Å²) in [5.74, 6) is 2.04. The third-order valence-corrected chi connectivity index (χ3v) is 3.83. The lowest BCUT2D eigenvalue weighted by atomic mass is 10.2. The van der Waals surface area contributed by atoms with Crippen LogP contribution in [0.3, 0.4) is 0 Å². The van der Waals surface area contributed by atoms with Crippen LogP contribution in [0.5, 0.6) is 0 Å². The van der Waals surface area contributed by atoms with Crippen LogP contribution in [0, 0.1) is 6.92 Å². The molecule has 2 rings (SSSR count). The third-order valence-electron chi connectivity index (χ3n) is 2.69. The Morgan fingerprint density at radius 3 is 2.65 bits per heavy atom. The molecule has 20 heavy (non-hydrogen) atoms. The van der Waals surface area contributed by atoms with Crippen molar-refractivity contribution in [3.05, 3.63) is 40.9 Å². The number of hydrogen-bond donors (Lipinski definition) is 1. The number of aromatic nitrogens is 1. The summed E-state index contributed by atoms with van der Waals surface area (Å²) in [6.07, 6.45) is 0. The van der Waals surface area contributed by atoms with Crippen molar-refractivity contribution in [1.82, 2.24) is 9.88 Å². The number of carbonyl (C=O) groups excluding carboxylic acids is 1. The van der Waals surface area contributed by atoms with Gasteiger partial charge >= 0.3 is 0 Å².